The Morgan fingerprint density at radius 2 is 2.55 bits per heavy atom. The molecular formula is C6H8N2O2S. The highest BCUT2D eigenvalue weighted by molar-refractivity contribution is 7.78. The minimum atomic E-state index is -0.593. The van der Waals surface area contributed by atoms with Gasteiger partial charge in [0.2, 0.25) is 0 Å². The van der Waals surface area contributed by atoms with E-state index in [0.717, 1.165) is 4.31 Å². The summed E-state index contributed by atoms with van der Waals surface area (Å²) in [6, 6.07) is 2.88. The van der Waals surface area contributed by atoms with Crippen LogP contribution < -0.4 is 5.73 Å². The topological polar surface area (TPSA) is 59.5 Å². The monoisotopic (exact) mass is 172 g/mol. The Morgan fingerprint density at radius 1 is 1.82 bits per heavy atom. The smallest absolute Gasteiger partial charge is 0.325 e. The Morgan fingerprint density at radius 3 is 3.00 bits per heavy atom. The van der Waals surface area contributed by atoms with Gasteiger partial charge in [-0.05, 0) is 12.1 Å². The summed E-state index contributed by atoms with van der Waals surface area (Å²) in [5.41, 5.74) is 4.92. The fourth-order valence-electron chi connectivity index (χ4n) is 0.628. The number of hydrogen-bond donors (Lipinski definition) is 2. The molecule has 2 amide bonds. The molecular weight excluding hydrogens is 164 g/mol. The summed E-state index contributed by atoms with van der Waals surface area (Å²) in [6.45, 7) is 0.283. The summed E-state index contributed by atoms with van der Waals surface area (Å²) in [7, 11) is 0. The van der Waals surface area contributed by atoms with E-state index in [0.29, 0.717) is 5.76 Å². The Kier molecular flexibility index (Phi) is 2.43. The molecule has 1 aromatic rings. The van der Waals surface area contributed by atoms with Crippen LogP contribution in [0, 0.1) is 0 Å². The van der Waals surface area contributed by atoms with E-state index in [-0.39, 0.29) is 6.54 Å². The predicted octanol–water partition coefficient (Wildman–Crippen LogP) is 1.01. The molecule has 60 valence electrons. The first-order valence-electron chi connectivity index (χ1n) is 2.98. The van der Waals surface area contributed by atoms with Crippen LogP contribution in [-0.2, 0) is 6.54 Å². The molecule has 1 rings (SSSR count). The van der Waals surface area contributed by atoms with Crippen molar-refractivity contribution in [2.24, 2.45) is 5.73 Å². The molecule has 0 unspecified atom stereocenters. The highest BCUT2D eigenvalue weighted by Gasteiger charge is 2.05. The zero-order chi connectivity index (χ0) is 8.27. The van der Waals surface area contributed by atoms with E-state index in [1.807, 2.05) is 0 Å². The molecule has 0 aromatic carbocycles. The van der Waals surface area contributed by atoms with Gasteiger partial charge in [0.25, 0.3) is 0 Å². The minimum Gasteiger partial charge on any atom is -0.467 e. The number of nitrogens with zero attached hydrogens (tertiary/aromatic N) is 1. The number of nitrogens with two attached hydrogens (primary N) is 1. The van der Waals surface area contributed by atoms with E-state index >= 15 is 0 Å². The maximum Gasteiger partial charge on any atom is 0.325 e. The fourth-order valence-corrected chi connectivity index (χ4v) is 0.767. The van der Waals surface area contributed by atoms with Crippen molar-refractivity contribution < 1.29 is 9.21 Å². The zero-order valence-corrected chi connectivity index (χ0v) is 6.62. The van der Waals surface area contributed by atoms with Gasteiger partial charge in [-0.3, -0.25) is 4.31 Å². The molecule has 0 aliphatic heterocycles. The highest BCUT2D eigenvalue weighted by atomic mass is 32.1. The molecule has 0 spiro atoms. The van der Waals surface area contributed by atoms with Gasteiger partial charge in [-0.2, -0.15) is 0 Å². The third-order valence-electron chi connectivity index (χ3n) is 1.14. The van der Waals surface area contributed by atoms with Crippen molar-refractivity contribution in [3.05, 3.63) is 24.2 Å². The Hall–Kier alpha value is -1.10. The quantitative estimate of drug-likeness (QED) is 0.654. The molecule has 0 aliphatic carbocycles. The number of amides is 2. The van der Waals surface area contributed by atoms with E-state index in [1.54, 1.807) is 12.1 Å². The van der Waals surface area contributed by atoms with Crippen LogP contribution >= 0.6 is 12.8 Å². The number of hydrogen-bond acceptors (Lipinski definition) is 3. The number of furan rings is 1. The van der Waals surface area contributed by atoms with Gasteiger partial charge < -0.3 is 10.2 Å². The Bertz CT molecular complexity index is 235. The van der Waals surface area contributed by atoms with Gasteiger partial charge in [0.15, 0.2) is 0 Å². The summed E-state index contributed by atoms with van der Waals surface area (Å²) in [4.78, 5) is 10.5. The van der Waals surface area contributed by atoms with Crippen LogP contribution in [0.15, 0.2) is 22.8 Å². The number of urea groups is 1. The first kappa shape index (κ1) is 8.00. The van der Waals surface area contributed by atoms with Gasteiger partial charge in [-0.15, -0.1) is 0 Å². The first-order chi connectivity index (χ1) is 5.20. The highest BCUT2D eigenvalue weighted by Crippen LogP contribution is 2.06. The molecule has 4 nitrogen and oxygen atoms in total. The molecule has 0 saturated carbocycles. The van der Waals surface area contributed by atoms with Gasteiger partial charge in [0.05, 0.1) is 12.8 Å². The van der Waals surface area contributed by atoms with Crippen LogP contribution in [0.4, 0.5) is 4.79 Å². The van der Waals surface area contributed by atoms with Gasteiger partial charge in [0.1, 0.15) is 5.76 Å². The van der Waals surface area contributed by atoms with E-state index in [1.165, 1.54) is 6.26 Å². The standard InChI is InChI=1S/C6H8N2O2S/c7-6(9)8(11)4-5-2-1-3-10-5/h1-3,11H,4H2,(H2,7,9). The molecule has 0 bridgehead atoms. The van der Waals surface area contributed by atoms with Gasteiger partial charge in [-0.25, -0.2) is 4.79 Å². The van der Waals surface area contributed by atoms with Gasteiger partial charge in [0, 0.05) is 0 Å². The summed E-state index contributed by atoms with van der Waals surface area (Å²) in [5, 5.41) is 0. The third-order valence-corrected chi connectivity index (χ3v) is 1.48. The summed E-state index contributed by atoms with van der Waals surface area (Å²) < 4.78 is 6.02. The van der Waals surface area contributed by atoms with E-state index < -0.39 is 6.03 Å². The van der Waals surface area contributed by atoms with Crippen molar-refractivity contribution in [3.8, 4) is 0 Å². The van der Waals surface area contributed by atoms with Crippen molar-refractivity contribution >= 4 is 18.8 Å². The lowest BCUT2D eigenvalue weighted by atomic mass is 10.4. The van der Waals surface area contributed by atoms with E-state index in [9.17, 15) is 4.79 Å². The van der Waals surface area contributed by atoms with Crippen LogP contribution in [0.25, 0.3) is 0 Å². The van der Waals surface area contributed by atoms with Crippen molar-refractivity contribution in [3.63, 3.8) is 0 Å². The molecule has 0 atom stereocenters. The van der Waals surface area contributed by atoms with Crippen molar-refractivity contribution in [2.45, 2.75) is 6.54 Å². The normalized spacial score (nSPS) is 9.55. The van der Waals surface area contributed by atoms with Crippen molar-refractivity contribution in [1.29, 1.82) is 0 Å². The van der Waals surface area contributed by atoms with E-state index in [4.69, 9.17) is 10.2 Å². The lowest BCUT2D eigenvalue weighted by Crippen LogP contribution is -2.26. The summed E-state index contributed by atoms with van der Waals surface area (Å²) in [6.07, 6.45) is 1.53. The average Bonchev–Trinajstić information content (AvgIpc) is 2.39. The Balaban J connectivity index is 2.50. The molecule has 0 aliphatic rings. The zero-order valence-electron chi connectivity index (χ0n) is 5.73. The predicted molar refractivity (Wildman–Crippen MR) is 42.8 cm³/mol. The van der Waals surface area contributed by atoms with Crippen LogP contribution in [0.1, 0.15) is 5.76 Å². The summed E-state index contributed by atoms with van der Waals surface area (Å²) in [5.74, 6) is 0.652. The summed E-state index contributed by atoms with van der Waals surface area (Å²) >= 11 is 3.81. The number of primary amides is 1. The van der Waals surface area contributed by atoms with Gasteiger partial charge in [-0.1, -0.05) is 12.8 Å². The van der Waals surface area contributed by atoms with Crippen molar-refractivity contribution in [1.82, 2.24) is 4.31 Å². The second-order valence-corrected chi connectivity index (χ2v) is 2.46. The van der Waals surface area contributed by atoms with Crippen molar-refractivity contribution in [2.75, 3.05) is 0 Å². The van der Waals surface area contributed by atoms with Crippen LogP contribution in [0.2, 0.25) is 0 Å². The lowest BCUT2D eigenvalue weighted by molar-refractivity contribution is 0.232. The third kappa shape index (κ3) is 2.19. The van der Waals surface area contributed by atoms with Crippen LogP contribution in [0.3, 0.4) is 0 Å². The largest absolute Gasteiger partial charge is 0.467 e. The van der Waals surface area contributed by atoms with Gasteiger partial charge >= 0.3 is 6.03 Å². The van der Waals surface area contributed by atoms with E-state index in [2.05, 4.69) is 12.8 Å². The fraction of sp³-hybridized carbons (Fsp3) is 0.167. The minimum absolute atomic E-state index is 0.283. The van der Waals surface area contributed by atoms with Crippen LogP contribution in [-0.4, -0.2) is 10.3 Å². The average molecular weight is 172 g/mol. The Labute approximate surface area is 69.5 Å². The molecule has 1 aromatic heterocycles. The molecule has 1 heterocycles. The molecule has 0 radical (unpaired) electrons. The first-order valence-corrected chi connectivity index (χ1v) is 3.38. The number of rotatable bonds is 2. The molecule has 5 heteroatoms. The van der Waals surface area contributed by atoms with Crippen LogP contribution in [0.5, 0.6) is 0 Å². The molecule has 11 heavy (non-hydrogen) atoms. The lowest BCUT2D eigenvalue weighted by Gasteiger charge is -2.09. The maximum atomic E-state index is 10.5. The molecule has 0 fully saturated rings. The molecule has 2 N–H and O–H groups in total. The number of carbonyl (C=O) groups is 1. The number of thiol groups is 1. The number of carbonyl (C=O) groups excluding carboxylic acids is 1. The maximum absolute atomic E-state index is 10.5. The second-order valence-electron chi connectivity index (χ2n) is 1.98. The second kappa shape index (κ2) is 3.34. The molecule has 0 saturated heterocycles. The SMILES string of the molecule is NC(=O)N(S)Cc1ccco1.